The number of carbonyl (C=O) groups excluding carboxylic acids is 1. The highest BCUT2D eigenvalue weighted by molar-refractivity contribution is 5.85. The monoisotopic (exact) mass is 369 g/mol. The topological polar surface area (TPSA) is 79.6 Å². The molecule has 0 radical (unpaired) electrons. The molecule has 3 rings (SSSR count). The van der Waals surface area contributed by atoms with Gasteiger partial charge >= 0.3 is 5.63 Å². The molecule has 2 aromatic carbocycles. The van der Waals surface area contributed by atoms with Crippen molar-refractivity contribution in [3.05, 3.63) is 74.9 Å². The summed E-state index contributed by atoms with van der Waals surface area (Å²) in [5.41, 5.74) is 2.18. The molecule has 0 N–H and O–H groups in total. The molecule has 27 heavy (non-hydrogen) atoms. The number of carboxylic acid groups (broad SMARTS) is 1. The molecule has 0 saturated carbocycles. The van der Waals surface area contributed by atoms with Crippen molar-refractivity contribution >= 4 is 16.9 Å². The highest BCUT2D eigenvalue weighted by Gasteiger charge is 2.15. The molecule has 6 heteroatoms. The third-order valence-corrected chi connectivity index (χ3v) is 4.52. The molecule has 1 heterocycles. The average Bonchev–Trinajstić information content (AvgIpc) is 2.61. The zero-order chi connectivity index (χ0) is 19.6. The van der Waals surface area contributed by atoms with E-state index in [1.807, 2.05) is 0 Å². The van der Waals surface area contributed by atoms with Gasteiger partial charge in [0.1, 0.15) is 23.8 Å². The summed E-state index contributed by atoms with van der Waals surface area (Å²) in [5.74, 6) is -1.03. The number of aryl methyl sites for hydroxylation is 2. The molecule has 3 aromatic rings. The number of hydrogen-bond donors (Lipinski definition) is 0. The Balaban J connectivity index is 1.93. The first kappa shape index (κ1) is 18.6. The molecule has 0 spiro atoms. The van der Waals surface area contributed by atoms with E-state index >= 15 is 0 Å². The maximum Gasteiger partial charge on any atom is 0.339 e. The van der Waals surface area contributed by atoms with Crippen molar-refractivity contribution in [3.8, 4) is 5.75 Å². The Morgan fingerprint density at radius 1 is 1.19 bits per heavy atom. The second kappa shape index (κ2) is 7.61. The number of benzene rings is 2. The predicted octanol–water partition coefficient (Wildman–Crippen LogP) is 2.81. The van der Waals surface area contributed by atoms with Crippen LogP contribution in [0.2, 0.25) is 0 Å². The number of rotatable bonds is 6. The van der Waals surface area contributed by atoms with Gasteiger partial charge in [-0.2, -0.15) is 0 Å². The summed E-state index contributed by atoms with van der Waals surface area (Å²) in [5, 5.41) is 11.4. The van der Waals surface area contributed by atoms with Crippen molar-refractivity contribution < 1.29 is 23.4 Å². The van der Waals surface area contributed by atoms with Crippen LogP contribution in [0.15, 0.2) is 45.6 Å². The fraction of sp³-hybridized carbons (Fsp3) is 0.238. The van der Waals surface area contributed by atoms with E-state index in [4.69, 9.17) is 9.15 Å². The molecular weight excluding hydrogens is 351 g/mol. The van der Waals surface area contributed by atoms with Gasteiger partial charge < -0.3 is 19.1 Å². The van der Waals surface area contributed by atoms with Crippen LogP contribution in [0.25, 0.3) is 11.0 Å². The normalized spacial score (nSPS) is 10.9. The summed E-state index contributed by atoms with van der Waals surface area (Å²) in [4.78, 5) is 23.0. The van der Waals surface area contributed by atoms with Gasteiger partial charge in [-0.25, -0.2) is 9.18 Å². The van der Waals surface area contributed by atoms with Crippen LogP contribution in [-0.4, -0.2) is 5.97 Å². The number of hydrogen-bond acceptors (Lipinski definition) is 5. The van der Waals surface area contributed by atoms with E-state index in [0.717, 1.165) is 5.39 Å². The molecule has 140 valence electrons. The Labute approximate surface area is 155 Å². The first-order chi connectivity index (χ1) is 12.9. The molecule has 0 aliphatic heterocycles. The van der Waals surface area contributed by atoms with Crippen molar-refractivity contribution in [2.24, 2.45) is 0 Å². The van der Waals surface area contributed by atoms with Gasteiger partial charge in [0.15, 0.2) is 0 Å². The smallest absolute Gasteiger partial charge is 0.339 e. The zero-order valence-electron chi connectivity index (χ0n) is 15.0. The van der Waals surface area contributed by atoms with Gasteiger partial charge in [-0.15, -0.1) is 0 Å². The van der Waals surface area contributed by atoms with E-state index in [0.29, 0.717) is 33.6 Å². The number of aliphatic carboxylic acids is 1. The number of halogens is 1. The Morgan fingerprint density at radius 2 is 1.96 bits per heavy atom. The first-order valence-electron chi connectivity index (χ1n) is 8.50. The molecule has 0 atom stereocenters. The lowest BCUT2D eigenvalue weighted by molar-refractivity contribution is -0.305. The van der Waals surface area contributed by atoms with Crippen molar-refractivity contribution in [1.29, 1.82) is 0 Å². The van der Waals surface area contributed by atoms with Gasteiger partial charge in [0.25, 0.3) is 0 Å². The highest BCUT2D eigenvalue weighted by atomic mass is 19.1. The molecule has 0 saturated heterocycles. The minimum atomic E-state index is -1.22. The van der Waals surface area contributed by atoms with Crippen molar-refractivity contribution in [1.82, 2.24) is 0 Å². The van der Waals surface area contributed by atoms with Crippen LogP contribution in [0.1, 0.15) is 28.7 Å². The van der Waals surface area contributed by atoms with Crippen LogP contribution in [0.3, 0.4) is 0 Å². The quantitative estimate of drug-likeness (QED) is 0.624. The fourth-order valence-electron chi connectivity index (χ4n) is 3.03. The van der Waals surface area contributed by atoms with E-state index < -0.39 is 11.6 Å². The second-order valence-corrected chi connectivity index (χ2v) is 6.35. The lowest BCUT2D eigenvalue weighted by Crippen LogP contribution is -2.24. The van der Waals surface area contributed by atoms with E-state index in [1.54, 1.807) is 38.1 Å². The summed E-state index contributed by atoms with van der Waals surface area (Å²) in [6.07, 6.45) is -0.186. The Kier molecular flexibility index (Phi) is 5.26. The minimum absolute atomic E-state index is 0.0588. The molecule has 0 unspecified atom stereocenters. The van der Waals surface area contributed by atoms with Crippen LogP contribution >= 0.6 is 0 Å². The lowest BCUT2D eigenvalue weighted by atomic mass is 10.0. The maximum atomic E-state index is 13.3. The largest absolute Gasteiger partial charge is 0.550 e. The van der Waals surface area contributed by atoms with Crippen LogP contribution < -0.4 is 15.5 Å². The number of carboxylic acids is 1. The summed E-state index contributed by atoms with van der Waals surface area (Å²) in [7, 11) is 0. The van der Waals surface area contributed by atoms with Gasteiger partial charge in [0, 0.05) is 22.5 Å². The van der Waals surface area contributed by atoms with Gasteiger partial charge in [0.2, 0.25) is 0 Å². The van der Waals surface area contributed by atoms with Crippen LogP contribution in [0.4, 0.5) is 4.39 Å². The second-order valence-electron chi connectivity index (χ2n) is 6.35. The fourth-order valence-corrected chi connectivity index (χ4v) is 3.03. The van der Waals surface area contributed by atoms with E-state index in [1.165, 1.54) is 12.1 Å². The van der Waals surface area contributed by atoms with Crippen LogP contribution in [0, 0.1) is 19.7 Å². The number of ether oxygens (including phenoxy) is 1. The highest BCUT2D eigenvalue weighted by Crippen LogP contribution is 2.30. The Hall–Kier alpha value is -3.15. The van der Waals surface area contributed by atoms with E-state index in [2.05, 4.69) is 0 Å². The van der Waals surface area contributed by atoms with Crippen LogP contribution in [0.5, 0.6) is 5.75 Å². The number of carbonyl (C=O) groups is 1. The van der Waals surface area contributed by atoms with E-state index in [-0.39, 0.29) is 25.3 Å². The van der Waals surface area contributed by atoms with Crippen LogP contribution in [-0.2, 0) is 17.8 Å². The third kappa shape index (κ3) is 4.00. The average molecular weight is 369 g/mol. The standard InChI is InChI=1S/C21H19FO5/c1-12-16-6-8-18(26-11-14-4-3-5-15(22)10-14)13(2)20(16)27-21(25)17(12)7-9-19(23)24/h3-6,8,10H,7,9,11H2,1-2H3,(H,23,24)/p-1. The van der Waals surface area contributed by atoms with Gasteiger partial charge in [0.05, 0.1) is 0 Å². The zero-order valence-corrected chi connectivity index (χ0v) is 15.0. The molecule has 0 aliphatic carbocycles. The maximum absolute atomic E-state index is 13.3. The summed E-state index contributed by atoms with van der Waals surface area (Å²) in [6.45, 7) is 3.71. The molecular formula is C21H18FO5-. The summed E-state index contributed by atoms with van der Waals surface area (Å²) in [6, 6.07) is 9.64. The molecule has 0 amide bonds. The van der Waals surface area contributed by atoms with Gasteiger partial charge in [-0.3, -0.25) is 0 Å². The van der Waals surface area contributed by atoms with Crippen molar-refractivity contribution in [2.75, 3.05) is 0 Å². The lowest BCUT2D eigenvalue weighted by Gasteiger charge is -2.13. The Bertz CT molecular complexity index is 1070. The number of fused-ring (bicyclic) bond motifs is 1. The van der Waals surface area contributed by atoms with Gasteiger partial charge in [-0.1, -0.05) is 12.1 Å². The SMILES string of the molecule is Cc1c(CCC(=O)[O-])c(=O)oc2c(C)c(OCc3cccc(F)c3)ccc12. The molecule has 1 aromatic heterocycles. The summed E-state index contributed by atoms with van der Waals surface area (Å²) >= 11 is 0. The van der Waals surface area contributed by atoms with Gasteiger partial charge in [-0.05, 0) is 62.1 Å². The molecule has 0 fully saturated rings. The van der Waals surface area contributed by atoms with Crippen molar-refractivity contribution in [3.63, 3.8) is 0 Å². The minimum Gasteiger partial charge on any atom is -0.550 e. The summed E-state index contributed by atoms with van der Waals surface area (Å²) < 4.78 is 24.5. The molecule has 0 bridgehead atoms. The Morgan fingerprint density at radius 3 is 2.67 bits per heavy atom. The molecule has 5 nitrogen and oxygen atoms in total. The van der Waals surface area contributed by atoms with Crippen molar-refractivity contribution in [2.45, 2.75) is 33.3 Å². The molecule has 0 aliphatic rings. The first-order valence-corrected chi connectivity index (χ1v) is 8.50. The predicted molar refractivity (Wildman–Crippen MR) is 96.0 cm³/mol. The van der Waals surface area contributed by atoms with E-state index in [9.17, 15) is 19.1 Å². The third-order valence-electron chi connectivity index (χ3n) is 4.52.